The molecule has 204 valence electrons. The van der Waals surface area contributed by atoms with Gasteiger partial charge in [0.15, 0.2) is 0 Å². The van der Waals surface area contributed by atoms with Crippen molar-refractivity contribution in [3.05, 3.63) is 146 Å². The van der Waals surface area contributed by atoms with Crippen molar-refractivity contribution in [2.24, 2.45) is 0 Å². The lowest BCUT2D eigenvalue weighted by molar-refractivity contribution is 0.674. The molecule has 3 nitrogen and oxygen atoms in total. The summed E-state index contributed by atoms with van der Waals surface area (Å²) < 4.78 is 9.06. The van der Waals surface area contributed by atoms with Crippen LogP contribution >= 0.6 is 0 Å². The van der Waals surface area contributed by atoms with Crippen molar-refractivity contribution in [3.8, 4) is 50.5 Å². The second-order valence-corrected chi connectivity index (χ2v) is 11.5. The van der Waals surface area contributed by atoms with Crippen LogP contribution in [0.2, 0.25) is 0 Å². The molecule has 2 heterocycles. The average molecular weight is 561 g/mol. The Hall–Kier alpha value is -5.93. The number of hydrogen-bond donors (Lipinski definition) is 0. The Morgan fingerprint density at radius 1 is 0.455 bits per heavy atom. The van der Waals surface area contributed by atoms with Gasteiger partial charge in [-0.25, -0.2) is 4.98 Å². The van der Waals surface area contributed by atoms with Crippen molar-refractivity contribution in [1.82, 2.24) is 9.55 Å². The van der Waals surface area contributed by atoms with Gasteiger partial charge in [-0.2, -0.15) is 0 Å². The number of benzene rings is 7. The quantitative estimate of drug-likeness (QED) is 0.215. The molecule has 0 unspecified atom stereocenters. The van der Waals surface area contributed by atoms with Crippen LogP contribution in [0, 0.1) is 0 Å². The monoisotopic (exact) mass is 560 g/mol. The van der Waals surface area contributed by atoms with Gasteiger partial charge in [0.05, 0.1) is 11.0 Å². The van der Waals surface area contributed by atoms with Crippen molar-refractivity contribution >= 4 is 43.7 Å². The maximum absolute atomic E-state index is 6.81. The Labute approximate surface area is 253 Å². The van der Waals surface area contributed by atoms with Crippen LogP contribution in [0.1, 0.15) is 0 Å². The van der Waals surface area contributed by atoms with Crippen molar-refractivity contribution in [2.75, 3.05) is 0 Å². The molecule has 0 bridgehead atoms. The van der Waals surface area contributed by atoms with Crippen LogP contribution in [0.3, 0.4) is 0 Å². The lowest BCUT2D eigenvalue weighted by Gasteiger charge is -2.11. The van der Waals surface area contributed by atoms with Gasteiger partial charge >= 0.3 is 0 Å². The largest absolute Gasteiger partial charge is 0.455 e. The zero-order valence-corrected chi connectivity index (χ0v) is 23.7. The molecule has 7 aromatic carbocycles. The number of imidazole rings is 1. The Bertz CT molecular complexity index is 2590. The van der Waals surface area contributed by atoms with E-state index in [0.717, 1.165) is 61.2 Å². The van der Waals surface area contributed by atoms with Crippen molar-refractivity contribution in [1.29, 1.82) is 0 Å². The smallest absolute Gasteiger partial charge is 0.145 e. The molecule has 0 amide bonds. The van der Waals surface area contributed by atoms with E-state index in [1.807, 2.05) is 12.1 Å². The fourth-order valence-electron chi connectivity index (χ4n) is 7.21. The van der Waals surface area contributed by atoms with E-state index in [0.29, 0.717) is 0 Å². The molecule has 44 heavy (non-hydrogen) atoms. The normalized spacial score (nSPS) is 12.1. The maximum Gasteiger partial charge on any atom is 0.145 e. The molecule has 0 saturated carbocycles. The van der Waals surface area contributed by atoms with E-state index in [1.165, 1.54) is 33.0 Å². The fraction of sp³-hybridized carbons (Fsp3) is 0. The molecule has 0 fully saturated rings. The molecular formula is C41H24N2O. The number of hydrogen-bond acceptors (Lipinski definition) is 2. The van der Waals surface area contributed by atoms with E-state index in [-0.39, 0.29) is 0 Å². The predicted molar refractivity (Wildman–Crippen MR) is 181 cm³/mol. The number of furan rings is 1. The zero-order chi connectivity index (χ0) is 28.8. The summed E-state index contributed by atoms with van der Waals surface area (Å²) in [4.78, 5) is 5.01. The van der Waals surface area contributed by atoms with Crippen molar-refractivity contribution < 1.29 is 4.42 Å². The van der Waals surface area contributed by atoms with Crippen LogP contribution in [-0.2, 0) is 0 Å². The van der Waals surface area contributed by atoms with Crippen LogP contribution in [-0.4, -0.2) is 9.55 Å². The lowest BCUT2D eigenvalue weighted by atomic mass is 9.98. The minimum atomic E-state index is 0.922. The lowest BCUT2D eigenvalue weighted by Crippen LogP contribution is -1.97. The molecule has 0 spiro atoms. The minimum Gasteiger partial charge on any atom is -0.455 e. The van der Waals surface area contributed by atoms with Crippen LogP contribution in [0.15, 0.2) is 150 Å². The summed E-state index contributed by atoms with van der Waals surface area (Å²) >= 11 is 0. The average Bonchev–Trinajstić information content (AvgIpc) is 3.77. The Morgan fingerprint density at radius 3 is 1.98 bits per heavy atom. The third-order valence-corrected chi connectivity index (χ3v) is 9.16. The molecule has 1 aliphatic rings. The van der Waals surface area contributed by atoms with Crippen molar-refractivity contribution in [3.63, 3.8) is 0 Å². The number of fused-ring (bicyclic) bond motifs is 8. The first-order valence-electron chi connectivity index (χ1n) is 15.0. The molecule has 0 radical (unpaired) electrons. The highest BCUT2D eigenvalue weighted by Gasteiger charge is 2.25. The highest BCUT2D eigenvalue weighted by molar-refractivity contribution is 6.26. The van der Waals surface area contributed by atoms with Gasteiger partial charge in [0.25, 0.3) is 0 Å². The Balaban J connectivity index is 1.15. The topological polar surface area (TPSA) is 31.0 Å². The highest BCUT2D eigenvalue weighted by Crippen LogP contribution is 2.51. The molecule has 2 aromatic heterocycles. The number of para-hydroxylation sites is 3. The van der Waals surface area contributed by atoms with Gasteiger partial charge in [0.2, 0.25) is 0 Å². The molecule has 0 N–H and O–H groups in total. The predicted octanol–water partition coefficient (Wildman–Crippen LogP) is 11.1. The number of aromatic nitrogens is 2. The molecule has 0 aliphatic heterocycles. The number of rotatable bonds is 3. The molecule has 0 atom stereocenters. The second kappa shape index (κ2) is 8.79. The van der Waals surface area contributed by atoms with E-state index in [4.69, 9.17) is 9.40 Å². The molecule has 0 saturated heterocycles. The first kappa shape index (κ1) is 23.6. The van der Waals surface area contributed by atoms with E-state index in [2.05, 4.69) is 138 Å². The molecule has 1 aliphatic carbocycles. The summed E-state index contributed by atoms with van der Waals surface area (Å²) in [6.45, 7) is 0. The Kier molecular flexibility index (Phi) is 4.72. The number of nitrogens with zero attached hydrogens (tertiary/aromatic N) is 2. The third-order valence-electron chi connectivity index (χ3n) is 9.16. The van der Waals surface area contributed by atoms with E-state index in [1.54, 1.807) is 0 Å². The highest BCUT2D eigenvalue weighted by atomic mass is 16.3. The van der Waals surface area contributed by atoms with E-state index < -0.39 is 0 Å². The van der Waals surface area contributed by atoms with Gasteiger partial charge in [0, 0.05) is 38.4 Å². The summed E-state index contributed by atoms with van der Waals surface area (Å²) in [5.74, 6) is 0.934. The maximum atomic E-state index is 6.81. The van der Waals surface area contributed by atoms with Crippen LogP contribution in [0.25, 0.3) is 94.2 Å². The van der Waals surface area contributed by atoms with Crippen LogP contribution < -0.4 is 0 Å². The zero-order valence-electron chi connectivity index (χ0n) is 23.7. The van der Waals surface area contributed by atoms with Crippen LogP contribution in [0.4, 0.5) is 0 Å². The molecular weight excluding hydrogens is 536 g/mol. The summed E-state index contributed by atoms with van der Waals surface area (Å²) in [5.41, 5.74) is 13.5. The van der Waals surface area contributed by atoms with Crippen molar-refractivity contribution in [2.45, 2.75) is 0 Å². The van der Waals surface area contributed by atoms with Gasteiger partial charge in [-0.1, -0.05) is 115 Å². The minimum absolute atomic E-state index is 0.922. The Morgan fingerprint density at radius 2 is 1.14 bits per heavy atom. The first-order chi connectivity index (χ1) is 21.8. The molecule has 10 rings (SSSR count). The summed E-state index contributed by atoms with van der Waals surface area (Å²) in [7, 11) is 0. The summed E-state index contributed by atoms with van der Waals surface area (Å²) in [6.07, 6.45) is 0. The second-order valence-electron chi connectivity index (χ2n) is 11.5. The van der Waals surface area contributed by atoms with E-state index in [9.17, 15) is 0 Å². The standard InChI is InChI=1S/C41H24N2O/c1-2-10-26(11-3-1)41-42-36-18-6-7-19-37(36)43(41)27-22-20-25(21-23-27)28-14-8-16-32-35-24-34-30-13-5-4-12-29(30)31-15-9-17-33(38(31)34)40(35)44-39(28)32/h1-24H. The van der Waals surface area contributed by atoms with Crippen LogP contribution in [0.5, 0.6) is 0 Å². The fourth-order valence-corrected chi connectivity index (χ4v) is 7.21. The molecule has 3 heteroatoms. The van der Waals surface area contributed by atoms with Gasteiger partial charge < -0.3 is 4.42 Å². The summed E-state index contributed by atoms with van der Waals surface area (Å²) in [6, 6.07) is 51.6. The SMILES string of the molecule is c1ccc(-c2nc3ccccc3n2-c2ccc(-c3cccc4c3oc3c5cccc6c5c(cc43)-c3ccccc3-6)cc2)cc1. The van der Waals surface area contributed by atoms with Gasteiger partial charge in [0.1, 0.15) is 17.0 Å². The van der Waals surface area contributed by atoms with E-state index >= 15 is 0 Å². The summed E-state index contributed by atoms with van der Waals surface area (Å²) in [5, 5.41) is 4.76. The third kappa shape index (κ3) is 3.18. The molecule has 9 aromatic rings. The van der Waals surface area contributed by atoms with Gasteiger partial charge in [-0.15, -0.1) is 0 Å². The van der Waals surface area contributed by atoms with Gasteiger partial charge in [-0.05, 0) is 58.1 Å². The van der Waals surface area contributed by atoms with Gasteiger partial charge in [-0.3, -0.25) is 4.57 Å². The first-order valence-corrected chi connectivity index (χ1v) is 15.0.